The first-order chi connectivity index (χ1) is 8.25. The molecule has 2 heterocycles. The Labute approximate surface area is 115 Å². The van der Waals surface area contributed by atoms with E-state index in [1.54, 1.807) is 22.7 Å². The Bertz CT molecular complexity index is 465. The second kappa shape index (κ2) is 6.50. The fourth-order valence-corrected chi connectivity index (χ4v) is 3.46. The molecule has 0 aliphatic carbocycles. The Hall–Kier alpha value is -0.420. The molecule has 2 aromatic rings. The third-order valence-corrected chi connectivity index (χ3v) is 4.84. The number of rotatable bonds is 6. The molecule has 1 N–H and O–H groups in total. The predicted molar refractivity (Wildman–Crippen MR) is 76.5 cm³/mol. The molecule has 0 aliphatic heterocycles. The number of thiazole rings is 1. The highest BCUT2D eigenvalue weighted by molar-refractivity contribution is 7.16. The molecule has 0 unspecified atom stereocenters. The van der Waals surface area contributed by atoms with Gasteiger partial charge in [0.15, 0.2) is 0 Å². The lowest BCUT2D eigenvalue weighted by Gasteiger charge is -2.02. The maximum absolute atomic E-state index is 5.88. The lowest BCUT2D eigenvalue weighted by atomic mass is 10.3. The second-order valence-electron chi connectivity index (χ2n) is 3.82. The summed E-state index contributed by atoms with van der Waals surface area (Å²) in [5, 5.41) is 3.45. The van der Waals surface area contributed by atoms with Crippen LogP contribution in [0.4, 0.5) is 0 Å². The molecule has 0 radical (unpaired) electrons. The summed E-state index contributed by atoms with van der Waals surface area (Å²) in [4.78, 5) is 6.97. The fraction of sp³-hybridized carbons (Fsp3) is 0.417. The molecular weight excluding hydrogens is 272 g/mol. The number of aromatic nitrogens is 1. The van der Waals surface area contributed by atoms with E-state index in [-0.39, 0.29) is 0 Å². The van der Waals surface area contributed by atoms with E-state index < -0.39 is 0 Å². The van der Waals surface area contributed by atoms with Gasteiger partial charge in [-0.3, -0.25) is 0 Å². The standard InChI is InChI=1S/C12H15ClN2S2/c1-9-11(16-8-15-9)5-7-14-6-4-10-2-3-12(13)17-10/h2-3,8,14H,4-7H2,1H3. The van der Waals surface area contributed by atoms with Gasteiger partial charge in [-0.05, 0) is 38.4 Å². The molecule has 0 saturated heterocycles. The van der Waals surface area contributed by atoms with Gasteiger partial charge in [0.1, 0.15) is 0 Å². The Kier molecular flexibility index (Phi) is 4.98. The summed E-state index contributed by atoms with van der Waals surface area (Å²) in [5.41, 5.74) is 3.08. The molecule has 2 rings (SSSR count). The number of hydrogen-bond donors (Lipinski definition) is 1. The van der Waals surface area contributed by atoms with Crippen LogP contribution in [0.25, 0.3) is 0 Å². The summed E-state index contributed by atoms with van der Waals surface area (Å²) in [5.74, 6) is 0. The number of nitrogens with one attached hydrogen (secondary N) is 1. The van der Waals surface area contributed by atoms with E-state index in [4.69, 9.17) is 11.6 Å². The smallest absolute Gasteiger partial charge is 0.0931 e. The largest absolute Gasteiger partial charge is 0.316 e. The summed E-state index contributed by atoms with van der Waals surface area (Å²) >= 11 is 9.28. The van der Waals surface area contributed by atoms with E-state index >= 15 is 0 Å². The molecule has 0 atom stereocenters. The van der Waals surface area contributed by atoms with E-state index in [0.717, 1.165) is 30.3 Å². The second-order valence-corrected chi connectivity index (χ2v) is 6.56. The van der Waals surface area contributed by atoms with Crippen molar-refractivity contribution >= 4 is 34.3 Å². The first-order valence-electron chi connectivity index (χ1n) is 5.59. The van der Waals surface area contributed by atoms with Gasteiger partial charge in [0.25, 0.3) is 0 Å². The van der Waals surface area contributed by atoms with Crippen LogP contribution in [0.1, 0.15) is 15.4 Å². The van der Waals surface area contributed by atoms with Crippen molar-refractivity contribution < 1.29 is 0 Å². The summed E-state index contributed by atoms with van der Waals surface area (Å²) in [6.45, 7) is 4.09. The SMILES string of the molecule is Cc1ncsc1CCNCCc1ccc(Cl)s1. The lowest BCUT2D eigenvalue weighted by molar-refractivity contribution is 0.686. The Morgan fingerprint density at radius 3 is 2.76 bits per heavy atom. The van der Waals surface area contributed by atoms with E-state index in [0.29, 0.717) is 0 Å². The number of thiophene rings is 1. The summed E-state index contributed by atoms with van der Waals surface area (Å²) < 4.78 is 0.875. The zero-order chi connectivity index (χ0) is 12.1. The molecule has 2 nitrogen and oxygen atoms in total. The van der Waals surface area contributed by atoms with Crippen LogP contribution >= 0.6 is 34.3 Å². The van der Waals surface area contributed by atoms with Crippen LogP contribution in [-0.4, -0.2) is 18.1 Å². The van der Waals surface area contributed by atoms with Crippen molar-refractivity contribution in [2.24, 2.45) is 0 Å². The molecular formula is C12H15ClN2S2. The van der Waals surface area contributed by atoms with E-state index in [9.17, 15) is 0 Å². The van der Waals surface area contributed by atoms with Gasteiger partial charge in [0.2, 0.25) is 0 Å². The van der Waals surface area contributed by atoms with Crippen LogP contribution in [0.5, 0.6) is 0 Å². The van der Waals surface area contributed by atoms with Crippen LogP contribution < -0.4 is 5.32 Å². The van der Waals surface area contributed by atoms with Gasteiger partial charge < -0.3 is 5.32 Å². The van der Waals surface area contributed by atoms with Crippen LogP contribution in [0.15, 0.2) is 17.6 Å². The molecule has 92 valence electrons. The van der Waals surface area contributed by atoms with Gasteiger partial charge in [0, 0.05) is 16.3 Å². The third kappa shape index (κ3) is 4.07. The van der Waals surface area contributed by atoms with E-state index in [2.05, 4.69) is 23.3 Å². The average Bonchev–Trinajstić information content (AvgIpc) is 2.88. The first kappa shape index (κ1) is 13.0. The third-order valence-electron chi connectivity index (χ3n) is 2.55. The van der Waals surface area contributed by atoms with Crippen molar-refractivity contribution in [3.05, 3.63) is 37.4 Å². The topological polar surface area (TPSA) is 24.9 Å². The first-order valence-corrected chi connectivity index (χ1v) is 7.67. The van der Waals surface area contributed by atoms with Gasteiger partial charge in [-0.2, -0.15) is 0 Å². The number of aryl methyl sites for hydroxylation is 1. The van der Waals surface area contributed by atoms with Gasteiger partial charge in [-0.1, -0.05) is 11.6 Å². The van der Waals surface area contributed by atoms with Crippen LogP contribution in [0.2, 0.25) is 4.34 Å². The predicted octanol–water partition coefficient (Wildman–Crippen LogP) is 3.54. The molecule has 2 aromatic heterocycles. The van der Waals surface area contributed by atoms with E-state index in [1.165, 1.54) is 15.4 Å². The van der Waals surface area contributed by atoms with Crippen LogP contribution in [0, 0.1) is 6.92 Å². The van der Waals surface area contributed by atoms with Gasteiger partial charge in [-0.15, -0.1) is 22.7 Å². The van der Waals surface area contributed by atoms with Crippen molar-refractivity contribution in [3.8, 4) is 0 Å². The fourth-order valence-electron chi connectivity index (χ4n) is 1.59. The van der Waals surface area contributed by atoms with Gasteiger partial charge >= 0.3 is 0 Å². The minimum atomic E-state index is 0.875. The summed E-state index contributed by atoms with van der Waals surface area (Å²) in [7, 11) is 0. The molecule has 0 fully saturated rings. The molecule has 0 spiro atoms. The quantitative estimate of drug-likeness (QED) is 0.822. The summed E-state index contributed by atoms with van der Waals surface area (Å²) in [6.07, 6.45) is 2.13. The van der Waals surface area contributed by atoms with Crippen molar-refractivity contribution in [3.63, 3.8) is 0 Å². The highest BCUT2D eigenvalue weighted by atomic mass is 35.5. The number of halogens is 1. The van der Waals surface area contributed by atoms with Crippen molar-refractivity contribution in [2.75, 3.05) is 13.1 Å². The zero-order valence-electron chi connectivity index (χ0n) is 9.70. The molecule has 0 bridgehead atoms. The molecule has 0 saturated carbocycles. The maximum atomic E-state index is 5.88. The monoisotopic (exact) mass is 286 g/mol. The molecule has 5 heteroatoms. The lowest BCUT2D eigenvalue weighted by Crippen LogP contribution is -2.19. The van der Waals surface area contributed by atoms with Crippen LogP contribution in [-0.2, 0) is 12.8 Å². The minimum absolute atomic E-state index is 0.875. The average molecular weight is 287 g/mol. The normalized spacial score (nSPS) is 10.9. The highest BCUT2D eigenvalue weighted by Crippen LogP contribution is 2.21. The van der Waals surface area contributed by atoms with E-state index in [1.807, 2.05) is 11.6 Å². The number of hydrogen-bond acceptors (Lipinski definition) is 4. The zero-order valence-corrected chi connectivity index (χ0v) is 12.1. The molecule has 0 amide bonds. The van der Waals surface area contributed by atoms with Gasteiger partial charge in [0.05, 0.1) is 15.5 Å². The Morgan fingerprint density at radius 1 is 1.29 bits per heavy atom. The Morgan fingerprint density at radius 2 is 2.12 bits per heavy atom. The van der Waals surface area contributed by atoms with Crippen molar-refractivity contribution in [1.29, 1.82) is 0 Å². The highest BCUT2D eigenvalue weighted by Gasteiger charge is 2.01. The van der Waals surface area contributed by atoms with Crippen molar-refractivity contribution in [1.82, 2.24) is 10.3 Å². The number of nitrogens with zero attached hydrogens (tertiary/aromatic N) is 1. The minimum Gasteiger partial charge on any atom is -0.316 e. The van der Waals surface area contributed by atoms with Crippen molar-refractivity contribution in [2.45, 2.75) is 19.8 Å². The maximum Gasteiger partial charge on any atom is 0.0931 e. The molecule has 17 heavy (non-hydrogen) atoms. The molecule has 0 aliphatic rings. The van der Waals surface area contributed by atoms with Gasteiger partial charge in [-0.25, -0.2) is 4.98 Å². The Balaban J connectivity index is 1.62. The molecule has 0 aromatic carbocycles. The van der Waals surface area contributed by atoms with Crippen LogP contribution in [0.3, 0.4) is 0 Å². The summed E-state index contributed by atoms with van der Waals surface area (Å²) in [6, 6.07) is 4.06.